The van der Waals surface area contributed by atoms with Gasteiger partial charge in [-0.05, 0) is 30.7 Å². The Balaban J connectivity index is 1.50. The summed E-state index contributed by atoms with van der Waals surface area (Å²) in [6.07, 6.45) is 3.35. The van der Waals surface area contributed by atoms with E-state index >= 15 is 0 Å². The second kappa shape index (κ2) is 8.00. The molecule has 142 valence electrons. The van der Waals surface area contributed by atoms with Crippen molar-refractivity contribution in [2.45, 2.75) is 13.5 Å². The van der Waals surface area contributed by atoms with Crippen LogP contribution < -0.4 is 19.7 Å². The van der Waals surface area contributed by atoms with Crippen LogP contribution in [0.25, 0.3) is 0 Å². The van der Waals surface area contributed by atoms with E-state index in [1.54, 1.807) is 30.6 Å². The molecule has 0 atom stereocenters. The third kappa shape index (κ3) is 3.91. The molecule has 1 aliphatic rings. The molecule has 2 heterocycles. The van der Waals surface area contributed by atoms with Gasteiger partial charge < -0.3 is 19.7 Å². The standard InChI is InChI=1S/C22H21N3O3/c1-2-25(14-16-6-4-3-5-7-16)19-10-17(12-23-13-19)22(26)24-18-8-9-20-21(11-18)28-15-27-20/h3-13H,2,14-15H2,1H3,(H,24,26). The first-order valence-electron chi connectivity index (χ1n) is 9.18. The van der Waals surface area contributed by atoms with Crippen molar-refractivity contribution in [3.63, 3.8) is 0 Å². The number of ether oxygens (including phenoxy) is 2. The molecule has 0 saturated heterocycles. The smallest absolute Gasteiger partial charge is 0.257 e. The van der Waals surface area contributed by atoms with Crippen molar-refractivity contribution in [1.29, 1.82) is 0 Å². The largest absolute Gasteiger partial charge is 0.454 e. The minimum absolute atomic E-state index is 0.201. The first kappa shape index (κ1) is 17.9. The SMILES string of the molecule is CCN(Cc1ccccc1)c1cncc(C(=O)Nc2ccc3c(c2)OCO3)c1. The first-order valence-corrected chi connectivity index (χ1v) is 9.18. The van der Waals surface area contributed by atoms with Gasteiger partial charge in [-0.3, -0.25) is 9.78 Å². The maximum atomic E-state index is 12.7. The van der Waals surface area contributed by atoms with Crippen molar-refractivity contribution in [2.24, 2.45) is 0 Å². The van der Waals surface area contributed by atoms with Crippen LogP contribution in [0.2, 0.25) is 0 Å². The van der Waals surface area contributed by atoms with Gasteiger partial charge in [-0.25, -0.2) is 0 Å². The van der Waals surface area contributed by atoms with Crippen LogP contribution in [-0.2, 0) is 6.54 Å². The van der Waals surface area contributed by atoms with E-state index in [0.717, 1.165) is 18.8 Å². The average Bonchev–Trinajstić information content (AvgIpc) is 3.21. The summed E-state index contributed by atoms with van der Waals surface area (Å²) in [6, 6.07) is 17.4. The number of rotatable bonds is 6. The van der Waals surface area contributed by atoms with Crippen LogP contribution in [0.15, 0.2) is 67.0 Å². The van der Waals surface area contributed by atoms with Gasteiger partial charge in [0.05, 0.1) is 17.4 Å². The Morgan fingerprint density at radius 3 is 2.71 bits per heavy atom. The van der Waals surface area contributed by atoms with Crippen LogP contribution in [0, 0.1) is 0 Å². The van der Waals surface area contributed by atoms with Gasteiger partial charge in [0, 0.05) is 31.0 Å². The minimum Gasteiger partial charge on any atom is -0.454 e. The maximum absolute atomic E-state index is 12.7. The van der Waals surface area contributed by atoms with Gasteiger partial charge in [-0.2, -0.15) is 0 Å². The summed E-state index contributed by atoms with van der Waals surface area (Å²) in [4.78, 5) is 19.1. The van der Waals surface area contributed by atoms with Gasteiger partial charge in [0.25, 0.3) is 5.91 Å². The number of pyridine rings is 1. The molecule has 1 aromatic heterocycles. The number of nitrogens with one attached hydrogen (secondary N) is 1. The summed E-state index contributed by atoms with van der Waals surface area (Å²) in [7, 11) is 0. The molecular formula is C22H21N3O3. The van der Waals surface area contributed by atoms with Crippen LogP contribution in [-0.4, -0.2) is 24.2 Å². The zero-order valence-electron chi connectivity index (χ0n) is 15.6. The Kier molecular flexibility index (Phi) is 5.10. The number of amides is 1. The Morgan fingerprint density at radius 2 is 1.89 bits per heavy atom. The lowest BCUT2D eigenvalue weighted by atomic mass is 10.2. The molecule has 0 aliphatic carbocycles. The van der Waals surface area contributed by atoms with Crippen LogP contribution in [0.3, 0.4) is 0 Å². The Bertz CT molecular complexity index is 976. The molecule has 0 bridgehead atoms. The number of fused-ring (bicyclic) bond motifs is 1. The molecule has 0 radical (unpaired) electrons. The molecule has 0 spiro atoms. The molecule has 1 N–H and O–H groups in total. The quantitative estimate of drug-likeness (QED) is 0.703. The van der Waals surface area contributed by atoms with E-state index in [2.05, 4.69) is 34.3 Å². The number of carbonyl (C=O) groups is 1. The zero-order chi connectivity index (χ0) is 19.3. The molecule has 0 unspecified atom stereocenters. The highest BCUT2D eigenvalue weighted by Crippen LogP contribution is 2.34. The van der Waals surface area contributed by atoms with E-state index in [9.17, 15) is 4.79 Å². The van der Waals surface area contributed by atoms with E-state index in [-0.39, 0.29) is 12.7 Å². The number of anilines is 2. The summed E-state index contributed by atoms with van der Waals surface area (Å²) in [5.41, 5.74) is 3.27. The topological polar surface area (TPSA) is 63.7 Å². The zero-order valence-corrected chi connectivity index (χ0v) is 15.6. The fourth-order valence-electron chi connectivity index (χ4n) is 3.09. The Hall–Kier alpha value is -3.54. The van der Waals surface area contributed by atoms with Gasteiger partial charge in [0.2, 0.25) is 6.79 Å². The van der Waals surface area contributed by atoms with Crippen LogP contribution >= 0.6 is 0 Å². The molecule has 3 aromatic rings. The Morgan fingerprint density at radius 1 is 1.07 bits per heavy atom. The molecule has 4 rings (SSSR count). The summed E-state index contributed by atoms with van der Waals surface area (Å²) >= 11 is 0. The van der Waals surface area contributed by atoms with Gasteiger partial charge in [0.1, 0.15) is 0 Å². The highest BCUT2D eigenvalue weighted by Gasteiger charge is 2.15. The fraction of sp³-hybridized carbons (Fsp3) is 0.182. The normalized spacial score (nSPS) is 11.9. The maximum Gasteiger partial charge on any atom is 0.257 e. The van der Waals surface area contributed by atoms with Gasteiger partial charge in [-0.15, -0.1) is 0 Å². The van der Waals surface area contributed by atoms with E-state index in [0.29, 0.717) is 22.7 Å². The second-order valence-electron chi connectivity index (χ2n) is 6.45. The Labute approximate surface area is 163 Å². The molecule has 2 aromatic carbocycles. The number of benzene rings is 2. The predicted octanol–water partition coefficient (Wildman–Crippen LogP) is 4.09. The molecular weight excluding hydrogens is 354 g/mol. The van der Waals surface area contributed by atoms with Gasteiger partial charge in [0.15, 0.2) is 11.5 Å². The molecule has 6 nitrogen and oxygen atoms in total. The van der Waals surface area contributed by atoms with E-state index in [1.807, 2.05) is 24.3 Å². The number of hydrogen-bond acceptors (Lipinski definition) is 5. The molecule has 1 amide bonds. The third-order valence-corrected chi connectivity index (χ3v) is 4.58. The monoisotopic (exact) mass is 375 g/mol. The second-order valence-corrected chi connectivity index (χ2v) is 6.45. The molecule has 0 saturated carbocycles. The van der Waals surface area contributed by atoms with E-state index in [1.165, 1.54) is 5.56 Å². The molecule has 1 aliphatic heterocycles. The predicted molar refractivity (Wildman–Crippen MR) is 108 cm³/mol. The summed E-state index contributed by atoms with van der Waals surface area (Å²) < 4.78 is 10.7. The molecule has 28 heavy (non-hydrogen) atoms. The van der Waals surface area contributed by atoms with Crippen molar-refractivity contribution in [3.05, 3.63) is 78.1 Å². The number of nitrogens with zero attached hydrogens (tertiary/aromatic N) is 2. The fourth-order valence-corrected chi connectivity index (χ4v) is 3.09. The van der Waals surface area contributed by atoms with Crippen molar-refractivity contribution in [2.75, 3.05) is 23.6 Å². The van der Waals surface area contributed by atoms with E-state index in [4.69, 9.17) is 9.47 Å². The minimum atomic E-state index is -0.219. The van der Waals surface area contributed by atoms with Crippen LogP contribution in [0.5, 0.6) is 11.5 Å². The third-order valence-electron chi connectivity index (χ3n) is 4.58. The molecule has 0 fully saturated rings. The lowest BCUT2D eigenvalue weighted by Crippen LogP contribution is -2.23. The van der Waals surface area contributed by atoms with Crippen LogP contribution in [0.1, 0.15) is 22.8 Å². The number of hydrogen-bond donors (Lipinski definition) is 1. The summed E-state index contributed by atoms with van der Waals surface area (Å²) in [5, 5.41) is 2.89. The average molecular weight is 375 g/mol. The number of aromatic nitrogens is 1. The summed E-state index contributed by atoms with van der Waals surface area (Å²) in [6.45, 7) is 3.85. The number of carbonyl (C=O) groups excluding carboxylic acids is 1. The van der Waals surface area contributed by atoms with E-state index < -0.39 is 0 Å². The lowest BCUT2D eigenvalue weighted by molar-refractivity contribution is 0.102. The lowest BCUT2D eigenvalue weighted by Gasteiger charge is -2.23. The van der Waals surface area contributed by atoms with Crippen LogP contribution in [0.4, 0.5) is 11.4 Å². The highest BCUT2D eigenvalue weighted by atomic mass is 16.7. The van der Waals surface area contributed by atoms with Crippen molar-refractivity contribution in [3.8, 4) is 11.5 Å². The first-order chi connectivity index (χ1) is 13.7. The highest BCUT2D eigenvalue weighted by molar-refractivity contribution is 6.04. The van der Waals surface area contributed by atoms with Crippen molar-refractivity contribution >= 4 is 17.3 Å². The molecule has 6 heteroatoms. The summed E-state index contributed by atoms with van der Waals surface area (Å²) in [5.74, 6) is 1.09. The van der Waals surface area contributed by atoms with Crippen molar-refractivity contribution in [1.82, 2.24) is 4.98 Å². The van der Waals surface area contributed by atoms with Gasteiger partial charge >= 0.3 is 0 Å². The van der Waals surface area contributed by atoms with Crippen molar-refractivity contribution < 1.29 is 14.3 Å². The van der Waals surface area contributed by atoms with Gasteiger partial charge in [-0.1, -0.05) is 30.3 Å².